The summed E-state index contributed by atoms with van der Waals surface area (Å²) in [6.07, 6.45) is 4.93. The van der Waals surface area contributed by atoms with Gasteiger partial charge in [-0.1, -0.05) is 6.92 Å². The number of aromatic nitrogens is 1. The molecule has 1 aliphatic carbocycles. The minimum atomic E-state index is 0.413. The van der Waals surface area contributed by atoms with Gasteiger partial charge in [0.05, 0.1) is 11.7 Å². The van der Waals surface area contributed by atoms with Gasteiger partial charge in [-0.05, 0) is 39.5 Å². The van der Waals surface area contributed by atoms with Gasteiger partial charge >= 0.3 is 0 Å². The molecule has 0 saturated heterocycles. The smallest absolute Gasteiger partial charge is 0.110 e. The van der Waals surface area contributed by atoms with Crippen molar-refractivity contribution < 1.29 is 0 Å². The van der Waals surface area contributed by atoms with E-state index in [1.807, 2.05) is 11.3 Å². The molecule has 1 aliphatic rings. The molecular formula is C12H20N2S. The third kappa shape index (κ3) is 2.40. The van der Waals surface area contributed by atoms with Gasteiger partial charge in [0, 0.05) is 10.9 Å². The number of hydrogen-bond acceptors (Lipinski definition) is 3. The van der Waals surface area contributed by atoms with Crippen molar-refractivity contribution in [1.82, 2.24) is 10.3 Å². The van der Waals surface area contributed by atoms with E-state index in [9.17, 15) is 0 Å². The SMILES string of the molecule is CCC(C)NC(C)c1nc2c(s1)CCC2. The van der Waals surface area contributed by atoms with Gasteiger partial charge in [0.15, 0.2) is 0 Å². The van der Waals surface area contributed by atoms with Crippen LogP contribution in [0.2, 0.25) is 0 Å². The summed E-state index contributed by atoms with van der Waals surface area (Å²) in [6, 6.07) is 0.995. The molecule has 0 aromatic carbocycles. The van der Waals surface area contributed by atoms with Gasteiger partial charge in [0.1, 0.15) is 5.01 Å². The van der Waals surface area contributed by atoms with Crippen LogP contribution in [0, 0.1) is 0 Å². The fourth-order valence-corrected chi connectivity index (χ4v) is 3.18. The van der Waals surface area contributed by atoms with Crippen LogP contribution >= 0.6 is 11.3 Å². The number of hydrogen-bond donors (Lipinski definition) is 1. The Balaban J connectivity index is 2.03. The maximum Gasteiger partial charge on any atom is 0.110 e. The fourth-order valence-electron chi connectivity index (χ4n) is 2.01. The fraction of sp³-hybridized carbons (Fsp3) is 0.750. The molecule has 15 heavy (non-hydrogen) atoms. The van der Waals surface area contributed by atoms with E-state index in [-0.39, 0.29) is 0 Å². The third-order valence-electron chi connectivity index (χ3n) is 3.13. The van der Waals surface area contributed by atoms with E-state index in [2.05, 4.69) is 26.1 Å². The summed E-state index contributed by atoms with van der Waals surface area (Å²) in [4.78, 5) is 6.26. The lowest BCUT2D eigenvalue weighted by Gasteiger charge is -2.16. The molecule has 1 N–H and O–H groups in total. The third-order valence-corrected chi connectivity index (χ3v) is 4.47. The normalized spacial score (nSPS) is 18.9. The molecule has 1 aromatic heterocycles. The van der Waals surface area contributed by atoms with E-state index >= 15 is 0 Å². The molecule has 0 radical (unpaired) electrons. The van der Waals surface area contributed by atoms with Crippen LogP contribution in [0.5, 0.6) is 0 Å². The van der Waals surface area contributed by atoms with Gasteiger partial charge in [-0.25, -0.2) is 4.98 Å². The molecule has 2 rings (SSSR count). The van der Waals surface area contributed by atoms with Crippen LogP contribution in [0.4, 0.5) is 0 Å². The van der Waals surface area contributed by atoms with Gasteiger partial charge in [0.2, 0.25) is 0 Å². The molecule has 0 amide bonds. The molecular weight excluding hydrogens is 204 g/mol. The second-order valence-electron chi connectivity index (χ2n) is 4.47. The largest absolute Gasteiger partial charge is 0.306 e. The van der Waals surface area contributed by atoms with E-state index in [1.54, 1.807) is 0 Å². The number of aryl methyl sites for hydroxylation is 2. The maximum absolute atomic E-state index is 4.73. The number of thiazole rings is 1. The number of fused-ring (bicyclic) bond motifs is 1. The highest BCUT2D eigenvalue weighted by Gasteiger charge is 2.19. The summed E-state index contributed by atoms with van der Waals surface area (Å²) in [5.41, 5.74) is 1.37. The zero-order valence-electron chi connectivity index (χ0n) is 9.84. The Kier molecular flexibility index (Phi) is 3.42. The van der Waals surface area contributed by atoms with E-state index in [0.717, 1.165) is 0 Å². The lowest BCUT2D eigenvalue weighted by Crippen LogP contribution is -2.28. The molecule has 0 saturated carbocycles. The van der Waals surface area contributed by atoms with Crippen LogP contribution in [0.1, 0.15) is 55.2 Å². The quantitative estimate of drug-likeness (QED) is 0.850. The average molecular weight is 224 g/mol. The van der Waals surface area contributed by atoms with Crippen LogP contribution < -0.4 is 5.32 Å². The number of nitrogens with one attached hydrogen (secondary N) is 1. The molecule has 2 nitrogen and oxygen atoms in total. The highest BCUT2D eigenvalue weighted by molar-refractivity contribution is 7.11. The van der Waals surface area contributed by atoms with Crippen LogP contribution in [-0.4, -0.2) is 11.0 Å². The minimum Gasteiger partial charge on any atom is -0.306 e. The molecule has 2 atom stereocenters. The summed E-state index contributed by atoms with van der Waals surface area (Å²) < 4.78 is 0. The van der Waals surface area contributed by atoms with Crippen LogP contribution in [0.3, 0.4) is 0 Å². The first-order valence-electron chi connectivity index (χ1n) is 5.95. The van der Waals surface area contributed by atoms with Crippen molar-refractivity contribution in [3.05, 3.63) is 15.6 Å². The highest BCUT2D eigenvalue weighted by atomic mass is 32.1. The Morgan fingerprint density at radius 2 is 2.20 bits per heavy atom. The van der Waals surface area contributed by atoms with E-state index in [4.69, 9.17) is 4.98 Å². The average Bonchev–Trinajstić information content (AvgIpc) is 2.76. The topological polar surface area (TPSA) is 24.9 Å². The lowest BCUT2D eigenvalue weighted by molar-refractivity contribution is 0.467. The van der Waals surface area contributed by atoms with Crippen LogP contribution in [0.15, 0.2) is 0 Å². The molecule has 0 fully saturated rings. The van der Waals surface area contributed by atoms with E-state index in [1.165, 1.54) is 41.3 Å². The number of nitrogens with zero attached hydrogens (tertiary/aromatic N) is 1. The predicted octanol–water partition coefficient (Wildman–Crippen LogP) is 3.08. The summed E-state index contributed by atoms with van der Waals surface area (Å²) >= 11 is 1.91. The standard InChI is InChI=1S/C12H20N2S/c1-4-8(2)13-9(3)12-14-10-6-5-7-11(10)15-12/h8-9,13H,4-7H2,1-3H3. The second-order valence-corrected chi connectivity index (χ2v) is 5.59. The molecule has 0 spiro atoms. The first kappa shape index (κ1) is 11.1. The summed E-state index contributed by atoms with van der Waals surface area (Å²) in [5.74, 6) is 0. The molecule has 84 valence electrons. The first-order valence-corrected chi connectivity index (χ1v) is 6.77. The molecule has 2 unspecified atom stereocenters. The Morgan fingerprint density at radius 3 is 2.87 bits per heavy atom. The maximum atomic E-state index is 4.73. The van der Waals surface area contributed by atoms with Gasteiger partial charge in [-0.3, -0.25) is 0 Å². The van der Waals surface area contributed by atoms with Gasteiger partial charge in [-0.15, -0.1) is 11.3 Å². The molecule has 0 aliphatic heterocycles. The van der Waals surface area contributed by atoms with Crippen molar-refractivity contribution in [2.24, 2.45) is 0 Å². The molecule has 1 heterocycles. The summed E-state index contributed by atoms with van der Waals surface area (Å²) in [6.45, 7) is 6.67. The Labute approximate surface area is 96.1 Å². The lowest BCUT2D eigenvalue weighted by atomic mass is 10.2. The Hall–Kier alpha value is -0.410. The van der Waals surface area contributed by atoms with Crippen molar-refractivity contribution in [1.29, 1.82) is 0 Å². The second kappa shape index (κ2) is 4.62. The summed E-state index contributed by atoms with van der Waals surface area (Å²) in [7, 11) is 0. The van der Waals surface area contributed by atoms with Gasteiger partial charge in [0.25, 0.3) is 0 Å². The number of rotatable bonds is 4. The van der Waals surface area contributed by atoms with Gasteiger partial charge < -0.3 is 5.32 Å². The van der Waals surface area contributed by atoms with Crippen molar-refractivity contribution in [3.8, 4) is 0 Å². The van der Waals surface area contributed by atoms with E-state index in [0.29, 0.717) is 12.1 Å². The van der Waals surface area contributed by atoms with Crippen LogP contribution in [-0.2, 0) is 12.8 Å². The first-order chi connectivity index (χ1) is 7.20. The predicted molar refractivity (Wildman–Crippen MR) is 65.4 cm³/mol. The van der Waals surface area contributed by atoms with Crippen molar-refractivity contribution in [3.63, 3.8) is 0 Å². The van der Waals surface area contributed by atoms with Crippen molar-refractivity contribution in [2.75, 3.05) is 0 Å². The van der Waals surface area contributed by atoms with E-state index < -0.39 is 0 Å². The highest BCUT2D eigenvalue weighted by Crippen LogP contribution is 2.30. The van der Waals surface area contributed by atoms with Crippen molar-refractivity contribution >= 4 is 11.3 Å². The molecule has 0 bridgehead atoms. The molecule has 1 aromatic rings. The monoisotopic (exact) mass is 224 g/mol. The Bertz CT molecular complexity index is 311. The zero-order chi connectivity index (χ0) is 10.8. The minimum absolute atomic E-state index is 0.413. The molecule has 3 heteroatoms. The van der Waals surface area contributed by atoms with Gasteiger partial charge in [-0.2, -0.15) is 0 Å². The van der Waals surface area contributed by atoms with Crippen molar-refractivity contribution in [2.45, 2.75) is 58.5 Å². The summed E-state index contributed by atoms with van der Waals surface area (Å²) in [5, 5.41) is 4.86. The zero-order valence-corrected chi connectivity index (χ0v) is 10.7. The van der Waals surface area contributed by atoms with Crippen LogP contribution in [0.25, 0.3) is 0 Å². The Morgan fingerprint density at radius 1 is 1.40 bits per heavy atom.